The molecular weight excluding hydrogens is 304 g/mol. The molecule has 4 heteroatoms. The Bertz CT molecular complexity index is 623. The molecule has 0 N–H and O–H groups in total. The quantitative estimate of drug-likeness (QED) is 0.523. The van der Waals surface area contributed by atoms with Crippen molar-refractivity contribution in [3.63, 3.8) is 0 Å². The van der Waals surface area contributed by atoms with Crippen LogP contribution < -0.4 is 0 Å². The largest absolute Gasteiger partial charge is 0.461 e. The second-order valence-corrected chi connectivity index (χ2v) is 5.96. The van der Waals surface area contributed by atoms with E-state index >= 15 is 0 Å². The lowest BCUT2D eigenvalue weighted by molar-refractivity contribution is -0.148. The summed E-state index contributed by atoms with van der Waals surface area (Å²) in [5, 5.41) is 0. The van der Waals surface area contributed by atoms with Gasteiger partial charge in [0.2, 0.25) is 0 Å². The fourth-order valence-corrected chi connectivity index (χ4v) is 2.48. The molecule has 1 aliphatic heterocycles. The highest BCUT2D eigenvalue weighted by Gasteiger charge is 2.28. The van der Waals surface area contributed by atoms with Crippen LogP contribution in [0.3, 0.4) is 0 Å². The molecule has 0 unspecified atom stereocenters. The summed E-state index contributed by atoms with van der Waals surface area (Å²) in [4.78, 5) is 12.1. The fraction of sp³-hybridized carbons (Fsp3) is 0.350. The van der Waals surface area contributed by atoms with Crippen molar-refractivity contribution in [3.05, 3.63) is 71.8 Å². The van der Waals surface area contributed by atoms with Crippen LogP contribution in [0.25, 0.3) is 0 Å². The zero-order valence-electron chi connectivity index (χ0n) is 13.6. The van der Waals surface area contributed by atoms with E-state index in [1.54, 1.807) is 0 Å². The predicted molar refractivity (Wildman–Crippen MR) is 90.2 cm³/mol. The lowest BCUT2D eigenvalue weighted by Gasteiger charge is -2.16. The van der Waals surface area contributed by atoms with Crippen LogP contribution in [-0.2, 0) is 32.2 Å². The van der Waals surface area contributed by atoms with Crippen molar-refractivity contribution in [2.45, 2.75) is 38.3 Å². The van der Waals surface area contributed by atoms with E-state index in [1.165, 1.54) is 0 Å². The maximum Gasteiger partial charge on any atom is 0.308 e. The zero-order valence-corrected chi connectivity index (χ0v) is 13.6. The molecule has 3 rings (SSSR count). The highest BCUT2D eigenvalue weighted by atomic mass is 16.6. The van der Waals surface area contributed by atoms with E-state index in [2.05, 4.69) is 0 Å². The third-order valence-electron chi connectivity index (χ3n) is 3.89. The molecule has 2 atom stereocenters. The predicted octanol–water partition coefficient (Wildman–Crippen LogP) is 3.49. The Morgan fingerprint density at radius 2 is 1.58 bits per heavy atom. The summed E-state index contributed by atoms with van der Waals surface area (Å²) in [6.07, 6.45) is 1.01. The van der Waals surface area contributed by atoms with E-state index in [-0.39, 0.29) is 24.6 Å². The third kappa shape index (κ3) is 5.80. The normalized spacial score (nSPS) is 17.2. The molecule has 0 aromatic heterocycles. The summed E-state index contributed by atoms with van der Waals surface area (Å²) in [5.74, 6) is -0.238. The molecular formula is C20H22O4. The SMILES string of the molecule is O=C(C[C@@H](C[C@H]1CO1)OCc1ccccc1)OCc1ccccc1. The van der Waals surface area contributed by atoms with Crippen molar-refractivity contribution >= 4 is 5.97 Å². The Kier molecular flexibility index (Phi) is 5.99. The average Bonchev–Trinajstić information content (AvgIpc) is 3.44. The highest BCUT2D eigenvalue weighted by molar-refractivity contribution is 5.70. The molecule has 0 bridgehead atoms. The van der Waals surface area contributed by atoms with Gasteiger partial charge in [0.15, 0.2) is 0 Å². The lowest BCUT2D eigenvalue weighted by atomic mass is 10.1. The summed E-state index contributed by atoms with van der Waals surface area (Å²) < 4.78 is 16.5. The van der Waals surface area contributed by atoms with Crippen molar-refractivity contribution in [2.75, 3.05) is 6.61 Å². The van der Waals surface area contributed by atoms with Gasteiger partial charge in [-0.15, -0.1) is 0 Å². The van der Waals surface area contributed by atoms with Crippen LogP contribution in [0.4, 0.5) is 0 Å². The van der Waals surface area contributed by atoms with Crippen LogP contribution in [0, 0.1) is 0 Å². The van der Waals surface area contributed by atoms with Crippen LogP contribution >= 0.6 is 0 Å². The fourth-order valence-electron chi connectivity index (χ4n) is 2.48. The van der Waals surface area contributed by atoms with Gasteiger partial charge in [-0.05, 0) is 11.1 Å². The second-order valence-electron chi connectivity index (χ2n) is 5.96. The number of esters is 1. The van der Waals surface area contributed by atoms with Crippen LogP contribution in [0.2, 0.25) is 0 Å². The first-order valence-electron chi connectivity index (χ1n) is 8.26. The Morgan fingerprint density at radius 3 is 2.17 bits per heavy atom. The maximum absolute atomic E-state index is 12.1. The summed E-state index contributed by atoms with van der Waals surface area (Å²) in [7, 11) is 0. The first kappa shape index (κ1) is 16.7. The number of carbonyl (C=O) groups is 1. The van der Waals surface area contributed by atoms with E-state index in [9.17, 15) is 4.79 Å². The molecule has 0 amide bonds. The summed E-state index contributed by atoms with van der Waals surface area (Å²) in [6.45, 7) is 1.54. The van der Waals surface area contributed by atoms with Crippen molar-refractivity contribution in [1.29, 1.82) is 0 Å². The van der Waals surface area contributed by atoms with Crippen molar-refractivity contribution in [2.24, 2.45) is 0 Å². The molecule has 2 aromatic rings. The number of rotatable bonds is 9. The molecule has 0 saturated carbocycles. The van der Waals surface area contributed by atoms with Gasteiger partial charge in [0.25, 0.3) is 0 Å². The molecule has 24 heavy (non-hydrogen) atoms. The minimum atomic E-state index is -0.238. The Labute approximate surface area is 142 Å². The molecule has 0 aliphatic carbocycles. The smallest absolute Gasteiger partial charge is 0.308 e. The standard InChI is InChI=1S/C20H22O4/c21-20(24-14-17-9-5-2-6-10-17)12-18(11-19-15-23-19)22-13-16-7-3-1-4-8-16/h1-10,18-19H,11-15H2/t18-,19+/m1/s1. The van der Waals surface area contributed by atoms with Gasteiger partial charge in [0.1, 0.15) is 6.61 Å². The number of carbonyl (C=O) groups excluding carboxylic acids is 1. The van der Waals surface area contributed by atoms with Gasteiger partial charge in [-0.2, -0.15) is 0 Å². The molecule has 1 aliphatic rings. The van der Waals surface area contributed by atoms with Gasteiger partial charge in [0, 0.05) is 6.42 Å². The number of hydrogen-bond donors (Lipinski definition) is 0. The van der Waals surface area contributed by atoms with Crippen molar-refractivity contribution in [3.8, 4) is 0 Å². The monoisotopic (exact) mass is 326 g/mol. The first-order chi connectivity index (χ1) is 11.8. The zero-order chi connectivity index (χ0) is 16.6. The molecule has 0 spiro atoms. The summed E-state index contributed by atoms with van der Waals surface area (Å²) in [5.41, 5.74) is 2.08. The third-order valence-corrected chi connectivity index (χ3v) is 3.89. The maximum atomic E-state index is 12.1. The number of ether oxygens (including phenoxy) is 3. The molecule has 0 radical (unpaired) electrons. The van der Waals surface area contributed by atoms with Crippen molar-refractivity contribution in [1.82, 2.24) is 0 Å². The van der Waals surface area contributed by atoms with E-state index in [0.717, 1.165) is 24.2 Å². The summed E-state index contributed by atoms with van der Waals surface area (Å²) >= 11 is 0. The summed E-state index contributed by atoms with van der Waals surface area (Å²) in [6, 6.07) is 19.6. The van der Waals surface area contributed by atoms with E-state index in [1.807, 2.05) is 60.7 Å². The van der Waals surface area contributed by atoms with Crippen molar-refractivity contribution < 1.29 is 19.0 Å². The number of epoxide rings is 1. The first-order valence-corrected chi connectivity index (χ1v) is 8.26. The molecule has 1 saturated heterocycles. The van der Waals surface area contributed by atoms with E-state index < -0.39 is 0 Å². The van der Waals surface area contributed by atoms with Gasteiger partial charge in [-0.25, -0.2) is 0 Å². The van der Waals surface area contributed by atoms with E-state index in [4.69, 9.17) is 14.2 Å². The molecule has 126 valence electrons. The van der Waals surface area contributed by atoms with Crippen LogP contribution in [-0.4, -0.2) is 24.8 Å². The van der Waals surface area contributed by atoms with E-state index in [0.29, 0.717) is 13.2 Å². The Morgan fingerprint density at radius 1 is 1.00 bits per heavy atom. The average molecular weight is 326 g/mol. The number of hydrogen-bond acceptors (Lipinski definition) is 4. The van der Waals surface area contributed by atoms with Gasteiger partial charge in [-0.3, -0.25) is 4.79 Å². The van der Waals surface area contributed by atoms with Crippen LogP contribution in [0.5, 0.6) is 0 Å². The Hall–Kier alpha value is -2.17. The van der Waals surface area contributed by atoms with Crippen LogP contribution in [0.15, 0.2) is 60.7 Å². The topological polar surface area (TPSA) is 48.1 Å². The lowest BCUT2D eigenvalue weighted by Crippen LogP contribution is -2.21. The molecule has 2 aromatic carbocycles. The van der Waals surface area contributed by atoms with Gasteiger partial charge in [-0.1, -0.05) is 60.7 Å². The Balaban J connectivity index is 1.46. The minimum absolute atomic E-state index is 0.180. The minimum Gasteiger partial charge on any atom is -0.461 e. The van der Waals surface area contributed by atoms with Gasteiger partial charge < -0.3 is 14.2 Å². The number of benzene rings is 2. The highest BCUT2D eigenvalue weighted by Crippen LogP contribution is 2.21. The molecule has 1 heterocycles. The molecule has 1 fully saturated rings. The second kappa shape index (κ2) is 8.62. The molecule has 4 nitrogen and oxygen atoms in total. The van der Waals surface area contributed by atoms with Gasteiger partial charge >= 0.3 is 5.97 Å². The van der Waals surface area contributed by atoms with Crippen LogP contribution in [0.1, 0.15) is 24.0 Å². The van der Waals surface area contributed by atoms with Gasteiger partial charge in [0.05, 0.1) is 31.8 Å².